The fourth-order valence-electron chi connectivity index (χ4n) is 5.10. The summed E-state index contributed by atoms with van der Waals surface area (Å²) in [6.07, 6.45) is 12.3. The summed E-state index contributed by atoms with van der Waals surface area (Å²) in [5.74, 6) is 0. The van der Waals surface area contributed by atoms with Crippen molar-refractivity contribution in [2.24, 2.45) is 0 Å². The lowest BCUT2D eigenvalue weighted by Crippen LogP contribution is -2.26. The highest BCUT2D eigenvalue weighted by molar-refractivity contribution is 7.80. The van der Waals surface area contributed by atoms with Gasteiger partial charge in [0, 0.05) is 30.7 Å². The number of aromatic nitrogens is 6. The van der Waals surface area contributed by atoms with Crippen molar-refractivity contribution in [3.05, 3.63) is 75.5 Å². The normalized spacial score (nSPS) is 13.9. The number of thiol groups is 1. The van der Waals surface area contributed by atoms with Crippen molar-refractivity contribution in [3.8, 4) is 5.69 Å². The Bertz CT molecular complexity index is 1940. The summed E-state index contributed by atoms with van der Waals surface area (Å²) in [7, 11) is 0. The van der Waals surface area contributed by atoms with Crippen LogP contribution in [0, 0.1) is 0 Å². The van der Waals surface area contributed by atoms with E-state index in [0.29, 0.717) is 10.9 Å². The lowest BCUT2D eigenvalue weighted by atomic mass is 9.95. The van der Waals surface area contributed by atoms with Crippen molar-refractivity contribution in [2.75, 3.05) is 11.9 Å². The molecule has 6 aromatic rings. The zero-order valence-corrected chi connectivity index (χ0v) is 24.3. The van der Waals surface area contributed by atoms with Gasteiger partial charge < -0.3 is 5.32 Å². The van der Waals surface area contributed by atoms with Crippen LogP contribution in [-0.2, 0) is 0 Å². The molecule has 0 saturated heterocycles. The first kappa shape index (κ1) is 26.6. The van der Waals surface area contributed by atoms with E-state index >= 15 is 0 Å². The Kier molecular flexibility index (Phi) is 7.63. The maximum Gasteiger partial charge on any atom is 0.271 e. The third-order valence-electron chi connectivity index (χ3n) is 7.05. The molecule has 0 amide bonds. The van der Waals surface area contributed by atoms with E-state index in [1.54, 1.807) is 29.4 Å². The molecule has 0 spiro atoms. The van der Waals surface area contributed by atoms with Crippen molar-refractivity contribution in [1.29, 1.82) is 0 Å². The molecule has 0 unspecified atom stereocenters. The highest BCUT2D eigenvalue weighted by atomic mass is 32.1. The number of thiazole rings is 1. The van der Waals surface area contributed by atoms with Crippen LogP contribution in [-0.4, -0.2) is 35.6 Å². The first-order valence-electron chi connectivity index (χ1n) is 13.2. The summed E-state index contributed by atoms with van der Waals surface area (Å²) in [6, 6.07) is 7.91. The van der Waals surface area contributed by atoms with Crippen LogP contribution in [0.2, 0.25) is 0 Å². The third-order valence-corrected chi connectivity index (χ3v) is 9.23. The molecule has 9 nitrogen and oxygen atoms in total. The Morgan fingerprint density at radius 3 is 2.73 bits per heavy atom. The van der Waals surface area contributed by atoms with Gasteiger partial charge in [-0.05, 0) is 44.0 Å². The quantitative estimate of drug-likeness (QED) is 0.240. The molecule has 0 radical (unpaired) electrons. The molecule has 1 aliphatic carbocycles. The Morgan fingerprint density at radius 2 is 1.90 bits per heavy atom. The highest BCUT2D eigenvalue weighted by Gasteiger charge is 2.20. The first-order chi connectivity index (χ1) is 19.5. The van der Waals surface area contributed by atoms with Gasteiger partial charge in [0.05, 0.1) is 43.5 Å². The van der Waals surface area contributed by atoms with E-state index in [1.807, 2.05) is 28.8 Å². The number of nitrogens with zero attached hydrogens (tertiary/aromatic N) is 6. The molecule has 1 N–H and O–H groups in total. The van der Waals surface area contributed by atoms with Crippen LogP contribution in [0.25, 0.3) is 36.3 Å². The fourth-order valence-corrected chi connectivity index (χ4v) is 7.05. The number of fused-ring (bicyclic) bond motifs is 4. The van der Waals surface area contributed by atoms with Gasteiger partial charge in [0.2, 0.25) is 0 Å². The number of benzene rings is 1. The second-order valence-corrected chi connectivity index (χ2v) is 11.9. The average Bonchev–Trinajstić information content (AvgIpc) is 3.61. The second kappa shape index (κ2) is 11.5. The predicted molar refractivity (Wildman–Crippen MR) is 166 cm³/mol. The van der Waals surface area contributed by atoms with Crippen LogP contribution < -0.4 is 16.4 Å². The van der Waals surface area contributed by atoms with Crippen molar-refractivity contribution in [1.82, 2.24) is 29.1 Å². The summed E-state index contributed by atoms with van der Waals surface area (Å²) < 4.78 is 5.09. The highest BCUT2D eigenvalue weighted by Crippen LogP contribution is 2.35. The van der Waals surface area contributed by atoms with E-state index in [1.165, 1.54) is 47.7 Å². The number of nitrogens with one attached hydrogen (secondary N) is 1. The molecule has 7 rings (SSSR count). The zero-order chi connectivity index (χ0) is 27.6. The van der Waals surface area contributed by atoms with E-state index in [2.05, 4.69) is 44.8 Å². The summed E-state index contributed by atoms with van der Waals surface area (Å²) in [4.78, 5) is 43.3. The minimum Gasteiger partial charge on any atom is -0.385 e. The molecule has 1 aromatic carbocycles. The van der Waals surface area contributed by atoms with Gasteiger partial charge >= 0.3 is 0 Å². The van der Waals surface area contributed by atoms with Crippen molar-refractivity contribution >= 4 is 71.6 Å². The number of pyridine rings is 1. The largest absolute Gasteiger partial charge is 0.385 e. The van der Waals surface area contributed by atoms with Crippen molar-refractivity contribution in [2.45, 2.75) is 50.0 Å². The molecular formula is C28H27N7O2S3. The maximum atomic E-state index is 13.0. The Hall–Kier alpha value is -3.61. The van der Waals surface area contributed by atoms with Gasteiger partial charge in [-0.3, -0.25) is 18.7 Å². The second-order valence-electron chi connectivity index (χ2n) is 9.56. The van der Waals surface area contributed by atoms with Crippen LogP contribution in [0.15, 0.2) is 69.3 Å². The van der Waals surface area contributed by atoms with E-state index in [0.717, 1.165) is 61.4 Å². The van der Waals surface area contributed by atoms with Crippen LogP contribution in [0.3, 0.4) is 0 Å². The van der Waals surface area contributed by atoms with Crippen molar-refractivity contribution in [3.63, 3.8) is 0 Å². The minimum atomic E-state index is -0.174. The summed E-state index contributed by atoms with van der Waals surface area (Å²) in [5, 5.41) is 4.32. The van der Waals surface area contributed by atoms with Crippen LogP contribution in [0.5, 0.6) is 0 Å². The van der Waals surface area contributed by atoms with Crippen molar-refractivity contribution < 1.29 is 0 Å². The monoisotopic (exact) mass is 589 g/mol. The fraction of sp³-hybridized carbons (Fsp3) is 0.286. The van der Waals surface area contributed by atoms with Gasteiger partial charge in [-0.15, -0.1) is 35.3 Å². The molecule has 1 saturated carbocycles. The van der Waals surface area contributed by atoms with Gasteiger partial charge in [0.1, 0.15) is 15.9 Å². The molecule has 40 heavy (non-hydrogen) atoms. The van der Waals surface area contributed by atoms with Gasteiger partial charge in [-0.2, -0.15) is 0 Å². The predicted octanol–water partition coefficient (Wildman–Crippen LogP) is 6.07. The van der Waals surface area contributed by atoms with E-state index in [9.17, 15) is 9.59 Å². The average molecular weight is 590 g/mol. The smallest absolute Gasteiger partial charge is 0.271 e. The number of hydrogen-bond donors (Lipinski definition) is 2. The molecule has 0 aliphatic heterocycles. The zero-order valence-electron chi connectivity index (χ0n) is 21.8. The van der Waals surface area contributed by atoms with Crippen LogP contribution >= 0.6 is 35.3 Å². The molecule has 12 heteroatoms. The Balaban J connectivity index is 0.000000151. The molecule has 0 atom stereocenters. The summed E-state index contributed by atoms with van der Waals surface area (Å²) in [5.41, 5.74) is 5.19. The molecule has 5 heterocycles. The van der Waals surface area contributed by atoms with E-state index in [4.69, 9.17) is 0 Å². The molecular weight excluding hydrogens is 563 g/mol. The summed E-state index contributed by atoms with van der Waals surface area (Å²) in [6.45, 7) is 2.89. The molecule has 1 aliphatic rings. The van der Waals surface area contributed by atoms with Gasteiger partial charge in [-0.25, -0.2) is 19.9 Å². The van der Waals surface area contributed by atoms with E-state index < -0.39 is 0 Å². The van der Waals surface area contributed by atoms with Gasteiger partial charge in [-0.1, -0.05) is 19.3 Å². The lowest BCUT2D eigenvalue weighted by molar-refractivity contribution is 0.345. The number of rotatable bonds is 4. The minimum absolute atomic E-state index is 0.0901. The molecule has 5 aromatic heterocycles. The molecule has 204 valence electrons. The van der Waals surface area contributed by atoms with Crippen LogP contribution in [0.4, 0.5) is 5.69 Å². The molecule has 0 bridgehead atoms. The van der Waals surface area contributed by atoms with E-state index in [-0.39, 0.29) is 11.1 Å². The summed E-state index contributed by atoms with van der Waals surface area (Å²) >= 11 is 7.07. The number of hydrogen-bond acceptors (Lipinski definition) is 10. The molecule has 1 fully saturated rings. The maximum absolute atomic E-state index is 13.0. The number of thiophene rings is 1. The standard InChI is InChI=1S/C17H20N4OS.C11H7N3OS2/c1-2-18-12-8-9-19-16-13(12)14-15(23-16)17(22)21(10-20-14)11-6-4-3-5-7-11;15-11-9(16)4-12-5-14(11)7-1-2-8-10(3-7)17-6-13-8/h8-11H,2-7H2,1H3,(H,18,19);1-6,16H. The van der Waals surface area contributed by atoms with Crippen LogP contribution in [0.1, 0.15) is 45.1 Å². The van der Waals surface area contributed by atoms with Gasteiger partial charge in [0.15, 0.2) is 0 Å². The first-order valence-corrected chi connectivity index (χ1v) is 15.3. The number of anilines is 1. The third kappa shape index (κ3) is 5.02. The van der Waals surface area contributed by atoms with Gasteiger partial charge in [0.25, 0.3) is 11.1 Å². The lowest BCUT2D eigenvalue weighted by Gasteiger charge is -2.23. The topological polar surface area (TPSA) is 108 Å². The Labute approximate surface area is 243 Å². The SMILES string of the molecule is CCNc1ccnc2sc3c(=O)n(C4CCCCC4)cnc3c12.O=c1c(S)cncn1-c1ccc2ncsc2c1. The Morgan fingerprint density at radius 1 is 1.05 bits per heavy atom.